The molecule has 0 saturated carbocycles. The first-order valence-corrected chi connectivity index (χ1v) is 12.9. The van der Waals surface area contributed by atoms with Gasteiger partial charge in [0, 0.05) is 0 Å². The van der Waals surface area contributed by atoms with Gasteiger partial charge in [0.05, 0.1) is 26.2 Å². The molecule has 14 heavy (non-hydrogen) atoms. The van der Waals surface area contributed by atoms with E-state index >= 15 is 0 Å². The molecule has 0 saturated heterocycles. The second kappa shape index (κ2) is 12.5. The van der Waals surface area contributed by atoms with Crippen LogP contribution < -0.4 is 6.15 Å². The summed E-state index contributed by atoms with van der Waals surface area (Å²) in [6, 6.07) is 0. The van der Waals surface area contributed by atoms with Crippen LogP contribution in [0, 0.1) is 0 Å². The van der Waals surface area contributed by atoms with Crippen molar-refractivity contribution in [1.29, 1.82) is 0 Å². The van der Waals surface area contributed by atoms with E-state index in [1.165, 1.54) is 30.7 Å². The fraction of sp³-hybridized carbons (Fsp3) is 1.00. The Labute approximate surface area is 106 Å². The first-order chi connectivity index (χ1) is 5.97. The Bertz CT molecular complexity index is 90.5. The number of hydrogen-bond acceptors (Lipinski definition) is 1. The van der Waals surface area contributed by atoms with E-state index in [-0.39, 0.29) is 6.15 Å². The van der Waals surface area contributed by atoms with Crippen LogP contribution in [0.1, 0.15) is 27.7 Å². The summed E-state index contributed by atoms with van der Waals surface area (Å²) < 4.78 is 1.28. The summed E-state index contributed by atoms with van der Waals surface area (Å²) in [5.41, 5.74) is 0. The predicted molar refractivity (Wildman–Crippen MR) is 65.0 cm³/mol. The van der Waals surface area contributed by atoms with Crippen LogP contribution in [0.25, 0.3) is 0 Å². The summed E-state index contributed by atoms with van der Waals surface area (Å²) in [5.74, 6) is 0. The van der Waals surface area contributed by atoms with Gasteiger partial charge in [0.25, 0.3) is 0 Å². The maximum atomic E-state index is 4.96. The number of halogens is 3. The van der Waals surface area contributed by atoms with Crippen molar-refractivity contribution in [2.45, 2.75) is 27.7 Å². The third-order valence-corrected chi connectivity index (χ3v) is 2.68. The summed E-state index contributed by atoms with van der Waals surface area (Å²) in [7, 11) is 14.9. The van der Waals surface area contributed by atoms with Gasteiger partial charge in [-0.25, -0.2) is 0 Å². The van der Waals surface area contributed by atoms with E-state index in [0.29, 0.717) is 0 Å². The standard InChI is InChI=1S/C8H20N.3ClH.H3N.Pt/c1-5-9(6-2,7-3)8-4;;;;;/h5-8H2,1-4H3;3*1H;1H3;/q+1;;;;;+2/p-3. The van der Waals surface area contributed by atoms with Crippen molar-refractivity contribution in [3.8, 4) is 0 Å². The minimum absolute atomic E-state index is 0. The average molecular weight is 449 g/mol. The third-order valence-electron chi connectivity index (χ3n) is 2.68. The number of quaternary nitrogens is 1. The zero-order chi connectivity index (χ0) is 10.9. The molecule has 3 N–H and O–H groups in total. The quantitative estimate of drug-likeness (QED) is 0.646. The Morgan fingerprint density at radius 3 is 0.929 bits per heavy atom. The Morgan fingerprint density at radius 1 is 0.786 bits per heavy atom. The van der Waals surface area contributed by atoms with Crippen LogP contribution in [0.4, 0.5) is 0 Å². The van der Waals surface area contributed by atoms with Crippen LogP contribution >= 0.6 is 28.3 Å². The van der Waals surface area contributed by atoms with E-state index in [2.05, 4.69) is 27.7 Å². The van der Waals surface area contributed by atoms with E-state index in [0.717, 1.165) is 0 Å². The molecule has 0 rings (SSSR count). The van der Waals surface area contributed by atoms with Crippen molar-refractivity contribution in [2.75, 3.05) is 26.2 Å². The van der Waals surface area contributed by atoms with Crippen molar-refractivity contribution in [1.82, 2.24) is 6.15 Å². The van der Waals surface area contributed by atoms with E-state index in [9.17, 15) is 0 Å². The van der Waals surface area contributed by atoms with Gasteiger partial charge in [-0.15, -0.1) is 0 Å². The molecule has 0 spiro atoms. The molecule has 0 amide bonds. The normalized spacial score (nSPS) is 10.9. The van der Waals surface area contributed by atoms with Gasteiger partial charge < -0.3 is 10.6 Å². The maximum absolute atomic E-state index is 4.96. The van der Waals surface area contributed by atoms with Crippen LogP contribution in [0.5, 0.6) is 0 Å². The molecular formula is C8H23Cl3N2Pt. The Balaban J connectivity index is -0.000000209. The minimum atomic E-state index is -1.85. The van der Waals surface area contributed by atoms with Crippen molar-refractivity contribution in [2.24, 2.45) is 0 Å². The molecule has 2 nitrogen and oxygen atoms in total. The summed E-state index contributed by atoms with van der Waals surface area (Å²) >= 11 is -1.85. The van der Waals surface area contributed by atoms with Crippen LogP contribution in [-0.2, 0) is 14.2 Å². The summed E-state index contributed by atoms with van der Waals surface area (Å²) in [4.78, 5) is 0. The van der Waals surface area contributed by atoms with E-state index in [1.807, 2.05) is 0 Å². The van der Waals surface area contributed by atoms with Gasteiger partial charge >= 0.3 is 42.4 Å². The topological polar surface area (TPSA) is 35.0 Å². The second-order valence-corrected chi connectivity index (χ2v) is 12.6. The van der Waals surface area contributed by atoms with E-state index < -0.39 is 14.2 Å². The fourth-order valence-corrected chi connectivity index (χ4v) is 1.34. The van der Waals surface area contributed by atoms with Gasteiger partial charge in [0.2, 0.25) is 0 Å². The van der Waals surface area contributed by atoms with Gasteiger partial charge in [0.1, 0.15) is 0 Å². The summed E-state index contributed by atoms with van der Waals surface area (Å²) in [5, 5.41) is 0. The molecule has 96 valence electrons. The molecule has 0 aliphatic carbocycles. The summed E-state index contributed by atoms with van der Waals surface area (Å²) in [6.45, 7) is 14.2. The Kier molecular flexibility index (Phi) is 18.7. The number of nitrogens with zero attached hydrogens (tertiary/aromatic N) is 1. The molecular weight excluding hydrogens is 426 g/mol. The predicted octanol–water partition coefficient (Wildman–Crippen LogP) is 4.11. The van der Waals surface area contributed by atoms with E-state index in [4.69, 9.17) is 28.3 Å². The van der Waals surface area contributed by atoms with Crippen molar-refractivity contribution >= 4 is 28.3 Å². The average Bonchev–Trinajstić information content (AvgIpc) is 2.09. The molecule has 0 aromatic heterocycles. The van der Waals surface area contributed by atoms with Gasteiger partial charge in [-0.3, -0.25) is 0 Å². The Morgan fingerprint density at radius 2 is 0.929 bits per heavy atom. The molecule has 0 fully saturated rings. The van der Waals surface area contributed by atoms with Crippen LogP contribution in [-0.4, -0.2) is 30.7 Å². The first-order valence-electron chi connectivity index (χ1n) is 4.45. The monoisotopic (exact) mass is 447 g/mol. The molecule has 0 aliphatic heterocycles. The zero-order valence-electron chi connectivity index (χ0n) is 9.43. The molecule has 6 heteroatoms. The fourth-order valence-electron chi connectivity index (χ4n) is 1.34. The molecule has 0 aromatic carbocycles. The Hall–Kier alpha value is 1.48. The number of hydrogen-bond donors (Lipinski definition) is 1. The van der Waals surface area contributed by atoms with Crippen molar-refractivity contribution < 1.29 is 18.7 Å². The van der Waals surface area contributed by atoms with Crippen LogP contribution in [0.15, 0.2) is 0 Å². The number of rotatable bonds is 4. The van der Waals surface area contributed by atoms with Gasteiger partial charge in [0.15, 0.2) is 0 Å². The third kappa shape index (κ3) is 11.6. The van der Waals surface area contributed by atoms with Crippen LogP contribution in [0.3, 0.4) is 0 Å². The van der Waals surface area contributed by atoms with E-state index in [1.54, 1.807) is 0 Å². The first kappa shape index (κ1) is 20.8. The van der Waals surface area contributed by atoms with Crippen molar-refractivity contribution in [3.63, 3.8) is 0 Å². The zero-order valence-corrected chi connectivity index (χ0v) is 14.0. The van der Waals surface area contributed by atoms with Crippen molar-refractivity contribution in [3.05, 3.63) is 0 Å². The molecule has 0 unspecified atom stereocenters. The molecule has 0 atom stereocenters. The summed E-state index contributed by atoms with van der Waals surface area (Å²) in [6.07, 6.45) is 0. The molecule has 0 aromatic rings. The SMILES string of the molecule is CC[N+](CC)(CC)CC.N.[Cl][Pt-]([Cl])[Cl]. The molecule has 0 radical (unpaired) electrons. The van der Waals surface area contributed by atoms with Gasteiger partial charge in [-0.05, 0) is 27.7 Å². The second-order valence-electron chi connectivity index (χ2n) is 2.74. The molecule has 0 bridgehead atoms. The van der Waals surface area contributed by atoms with Gasteiger partial charge in [-0.2, -0.15) is 0 Å². The molecule has 0 aliphatic rings. The van der Waals surface area contributed by atoms with Gasteiger partial charge in [-0.1, -0.05) is 0 Å². The van der Waals surface area contributed by atoms with Crippen LogP contribution in [0.2, 0.25) is 0 Å². The molecule has 0 heterocycles.